The summed E-state index contributed by atoms with van der Waals surface area (Å²) in [5.41, 5.74) is 1.15. The molecule has 0 aliphatic carbocycles. The Morgan fingerprint density at radius 2 is 2.50 bits per heavy atom. The lowest BCUT2D eigenvalue weighted by molar-refractivity contribution is 0.427. The van der Waals surface area contributed by atoms with E-state index in [4.69, 9.17) is 4.74 Å². The van der Waals surface area contributed by atoms with Gasteiger partial charge in [-0.3, -0.25) is 0 Å². The highest BCUT2D eigenvalue weighted by molar-refractivity contribution is 7.20. The molecule has 0 unspecified atom stereocenters. The highest BCUT2D eigenvalue weighted by Crippen LogP contribution is 2.29. The molecule has 2 aromatic heterocycles. The Morgan fingerprint density at radius 1 is 1.60 bits per heavy atom. The number of aromatic nitrogens is 1. The first kappa shape index (κ1) is 5.80. The van der Waals surface area contributed by atoms with E-state index in [2.05, 4.69) is 4.98 Å². The molecule has 1 N–H and O–H groups in total. The van der Waals surface area contributed by atoms with Crippen LogP contribution in [0.4, 0.5) is 0 Å². The van der Waals surface area contributed by atoms with Crippen LogP contribution in [0.5, 0.6) is 5.06 Å². The molecule has 2 rings (SSSR count). The third-order valence-electron chi connectivity index (χ3n) is 1.41. The first-order valence-electron chi connectivity index (χ1n) is 3.01. The minimum absolute atomic E-state index is 0.960. The highest BCUT2D eigenvalue weighted by Gasteiger charge is 1.99. The monoisotopic (exact) mass is 153 g/mol. The van der Waals surface area contributed by atoms with Crippen molar-refractivity contribution in [2.45, 2.75) is 0 Å². The molecule has 2 nitrogen and oxygen atoms in total. The summed E-state index contributed by atoms with van der Waals surface area (Å²) in [7, 11) is 1.69. The summed E-state index contributed by atoms with van der Waals surface area (Å²) in [6.07, 6.45) is 1.93. The fourth-order valence-electron chi connectivity index (χ4n) is 0.926. The fraction of sp³-hybridized carbons (Fsp3) is 0.143. The average Bonchev–Trinajstić information content (AvgIpc) is 2.42. The summed E-state index contributed by atoms with van der Waals surface area (Å²) in [4.78, 5) is 3.10. The van der Waals surface area contributed by atoms with Crippen LogP contribution in [0.15, 0.2) is 18.3 Å². The van der Waals surface area contributed by atoms with Crippen molar-refractivity contribution in [1.29, 1.82) is 0 Å². The third kappa shape index (κ3) is 0.708. The Morgan fingerprint density at radius 3 is 3.20 bits per heavy atom. The van der Waals surface area contributed by atoms with Gasteiger partial charge in [-0.2, -0.15) is 0 Å². The molecule has 0 spiro atoms. The van der Waals surface area contributed by atoms with Gasteiger partial charge in [0.15, 0.2) is 5.06 Å². The Kier molecular flexibility index (Phi) is 1.17. The first-order chi connectivity index (χ1) is 4.90. The smallest absolute Gasteiger partial charge is 0.176 e. The van der Waals surface area contributed by atoms with Crippen molar-refractivity contribution in [2.75, 3.05) is 7.11 Å². The Bertz CT molecular complexity index is 307. The van der Waals surface area contributed by atoms with Gasteiger partial charge in [-0.25, -0.2) is 0 Å². The van der Waals surface area contributed by atoms with E-state index in [9.17, 15) is 0 Å². The number of nitrogens with one attached hydrogen (secondary N) is 1. The quantitative estimate of drug-likeness (QED) is 0.667. The van der Waals surface area contributed by atoms with E-state index in [0.29, 0.717) is 0 Å². The summed E-state index contributed by atoms with van der Waals surface area (Å²) in [6.45, 7) is 0. The van der Waals surface area contributed by atoms with Gasteiger partial charge in [-0.1, -0.05) is 11.3 Å². The number of H-pyrrole nitrogens is 1. The molecule has 0 amide bonds. The number of fused-ring (bicyclic) bond motifs is 1. The van der Waals surface area contributed by atoms with Gasteiger partial charge >= 0.3 is 0 Å². The van der Waals surface area contributed by atoms with E-state index in [1.165, 1.54) is 4.70 Å². The van der Waals surface area contributed by atoms with Gasteiger partial charge in [0.2, 0.25) is 0 Å². The fourth-order valence-corrected chi connectivity index (χ4v) is 1.77. The van der Waals surface area contributed by atoms with Crippen LogP contribution in [0.25, 0.3) is 10.2 Å². The molecule has 0 radical (unpaired) electrons. The predicted molar refractivity (Wildman–Crippen MR) is 42.7 cm³/mol. The molecule has 0 aliphatic heterocycles. The van der Waals surface area contributed by atoms with Gasteiger partial charge in [-0.15, -0.1) is 0 Å². The molecular weight excluding hydrogens is 146 g/mol. The molecular formula is C7H7NOS. The molecule has 2 aromatic rings. The van der Waals surface area contributed by atoms with E-state index >= 15 is 0 Å². The van der Waals surface area contributed by atoms with E-state index < -0.39 is 0 Å². The number of rotatable bonds is 1. The maximum Gasteiger partial charge on any atom is 0.176 e. The molecule has 2 heterocycles. The Balaban J connectivity index is 2.67. The minimum atomic E-state index is 0.960. The molecule has 0 atom stereocenters. The minimum Gasteiger partial charge on any atom is -0.487 e. The van der Waals surface area contributed by atoms with Crippen molar-refractivity contribution in [2.24, 2.45) is 0 Å². The summed E-state index contributed by atoms with van der Waals surface area (Å²) in [5.74, 6) is 0. The van der Waals surface area contributed by atoms with Crippen LogP contribution < -0.4 is 4.74 Å². The summed E-state index contributed by atoms with van der Waals surface area (Å²) in [5, 5.41) is 0.960. The summed E-state index contributed by atoms with van der Waals surface area (Å²) < 4.78 is 6.30. The van der Waals surface area contributed by atoms with E-state index in [0.717, 1.165) is 10.6 Å². The molecule has 10 heavy (non-hydrogen) atoms. The van der Waals surface area contributed by atoms with E-state index in [1.54, 1.807) is 18.4 Å². The number of thiophene rings is 1. The van der Waals surface area contributed by atoms with Crippen LogP contribution in [-0.2, 0) is 0 Å². The lowest BCUT2D eigenvalue weighted by atomic mass is 10.5. The second-order valence-electron chi connectivity index (χ2n) is 2.03. The Labute approximate surface area is 62.4 Å². The molecule has 0 saturated carbocycles. The number of ether oxygens (including phenoxy) is 1. The van der Waals surface area contributed by atoms with Gasteiger partial charge < -0.3 is 9.72 Å². The molecule has 0 fully saturated rings. The van der Waals surface area contributed by atoms with Gasteiger partial charge in [0, 0.05) is 12.3 Å². The van der Waals surface area contributed by atoms with E-state index in [1.807, 2.05) is 18.3 Å². The molecule has 0 bridgehead atoms. The topological polar surface area (TPSA) is 25.0 Å². The zero-order chi connectivity index (χ0) is 6.97. The molecule has 0 aliphatic rings. The predicted octanol–water partition coefficient (Wildman–Crippen LogP) is 2.24. The third-order valence-corrected chi connectivity index (χ3v) is 2.47. The maximum absolute atomic E-state index is 5.06. The van der Waals surface area contributed by atoms with Crippen LogP contribution >= 0.6 is 11.3 Å². The van der Waals surface area contributed by atoms with Crippen molar-refractivity contribution in [3.63, 3.8) is 0 Å². The maximum atomic E-state index is 5.06. The van der Waals surface area contributed by atoms with Crippen LogP contribution in [0.1, 0.15) is 0 Å². The molecule has 0 saturated heterocycles. The van der Waals surface area contributed by atoms with E-state index in [-0.39, 0.29) is 0 Å². The van der Waals surface area contributed by atoms with Crippen LogP contribution in [0, 0.1) is 0 Å². The van der Waals surface area contributed by atoms with Crippen LogP contribution in [0.2, 0.25) is 0 Å². The van der Waals surface area contributed by atoms with Gasteiger partial charge in [0.1, 0.15) is 0 Å². The van der Waals surface area contributed by atoms with Crippen molar-refractivity contribution in [3.05, 3.63) is 18.3 Å². The second kappa shape index (κ2) is 2.02. The van der Waals surface area contributed by atoms with Crippen molar-refractivity contribution >= 4 is 21.6 Å². The second-order valence-corrected chi connectivity index (χ2v) is 3.07. The highest BCUT2D eigenvalue weighted by atomic mass is 32.1. The number of hydrogen-bond acceptors (Lipinski definition) is 2. The zero-order valence-electron chi connectivity index (χ0n) is 5.55. The number of methoxy groups -OCH3 is 1. The van der Waals surface area contributed by atoms with Crippen LogP contribution in [0.3, 0.4) is 0 Å². The lowest BCUT2D eigenvalue weighted by Gasteiger charge is -1.87. The van der Waals surface area contributed by atoms with Crippen molar-refractivity contribution in [3.8, 4) is 5.06 Å². The standard InChI is InChI=1S/C7H7NOS/c1-9-7-4-5-6(10-7)2-3-8-5/h2-4,8H,1H3. The van der Waals surface area contributed by atoms with Gasteiger partial charge in [-0.05, 0) is 6.07 Å². The molecule has 52 valence electrons. The zero-order valence-corrected chi connectivity index (χ0v) is 6.37. The molecule has 3 heteroatoms. The van der Waals surface area contributed by atoms with Crippen molar-refractivity contribution < 1.29 is 4.74 Å². The lowest BCUT2D eigenvalue weighted by Crippen LogP contribution is -1.73. The van der Waals surface area contributed by atoms with Gasteiger partial charge in [0.25, 0.3) is 0 Å². The van der Waals surface area contributed by atoms with Gasteiger partial charge in [0.05, 0.1) is 17.3 Å². The number of aromatic amines is 1. The first-order valence-corrected chi connectivity index (χ1v) is 3.83. The largest absolute Gasteiger partial charge is 0.487 e. The molecule has 0 aromatic carbocycles. The summed E-state index contributed by atoms with van der Waals surface area (Å²) >= 11 is 1.65. The average molecular weight is 153 g/mol. The number of hydrogen-bond donors (Lipinski definition) is 1. The van der Waals surface area contributed by atoms with Crippen molar-refractivity contribution in [1.82, 2.24) is 4.98 Å². The summed E-state index contributed by atoms with van der Waals surface area (Å²) in [6, 6.07) is 4.04. The van der Waals surface area contributed by atoms with Crippen LogP contribution in [-0.4, -0.2) is 12.1 Å². The Hall–Kier alpha value is -0.960. The normalized spacial score (nSPS) is 10.5. The SMILES string of the molecule is COc1cc2[nH]ccc2s1.